The van der Waals surface area contributed by atoms with Crippen LogP contribution in [0.4, 0.5) is 4.79 Å². The number of hydrogen-bond donors (Lipinski definition) is 2. The summed E-state index contributed by atoms with van der Waals surface area (Å²) in [6, 6.07) is -0.412. The molecular formula is C14H25N3O4. The molecule has 0 spiro atoms. The van der Waals surface area contributed by atoms with Crippen LogP contribution >= 0.6 is 0 Å². The third-order valence-electron chi connectivity index (χ3n) is 3.66. The van der Waals surface area contributed by atoms with Gasteiger partial charge in [0, 0.05) is 26.7 Å². The van der Waals surface area contributed by atoms with Crippen molar-refractivity contribution in [2.75, 3.05) is 33.2 Å². The van der Waals surface area contributed by atoms with E-state index in [1.807, 2.05) is 6.92 Å². The molecule has 0 bridgehead atoms. The third kappa shape index (κ3) is 5.61. The van der Waals surface area contributed by atoms with Crippen LogP contribution in [-0.4, -0.2) is 66.0 Å². The summed E-state index contributed by atoms with van der Waals surface area (Å²) in [6.07, 6.45) is 3.29. The Kier molecular flexibility index (Phi) is 6.98. The van der Waals surface area contributed by atoms with Crippen molar-refractivity contribution >= 4 is 17.9 Å². The molecule has 0 aliphatic carbocycles. The molecular weight excluding hydrogens is 274 g/mol. The van der Waals surface area contributed by atoms with Crippen LogP contribution in [0, 0.1) is 5.92 Å². The number of aliphatic carboxylic acids is 1. The van der Waals surface area contributed by atoms with Crippen molar-refractivity contribution in [2.45, 2.75) is 32.6 Å². The van der Waals surface area contributed by atoms with E-state index in [0.717, 1.165) is 32.4 Å². The Morgan fingerprint density at radius 1 is 1.29 bits per heavy atom. The number of carbonyl (C=O) groups excluding carboxylic acids is 2. The van der Waals surface area contributed by atoms with Crippen molar-refractivity contribution in [2.24, 2.45) is 5.92 Å². The van der Waals surface area contributed by atoms with E-state index < -0.39 is 17.9 Å². The molecule has 0 saturated carbocycles. The van der Waals surface area contributed by atoms with E-state index in [1.54, 1.807) is 11.9 Å². The van der Waals surface area contributed by atoms with Gasteiger partial charge in [-0.1, -0.05) is 13.3 Å². The summed E-state index contributed by atoms with van der Waals surface area (Å²) in [4.78, 5) is 37.8. The molecule has 3 amide bonds. The first-order valence-corrected chi connectivity index (χ1v) is 7.45. The van der Waals surface area contributed by atoms with Gasteiger partial charge in [-0.25, -0.2) is 4.79 Å². The van der Waals surface area contributed by atoms with Gasteiger partial charge in [0.15, 0.2) is 0 Å². The Hall–Kier alpha value is -1.79. The first kappa shape index (κ1) is 17.3. The Balaban J connectivity index is 2.36. The highest BCUT2D eigenvalue weighted by molar-refractivity contribution is 5.84. The molecule has 1 unspecified atom stereocenters. The molecule has 1 rings (SSSR count). The second-order valence-corrected chi connectivity index (χ2v) is 5.45. The van der Waals surface area contributed by atoms with Gasteiger partial charge < -0.3 is 20.2 Å². The molecule has 21 heavy (non-hydrogen) atoms. The summed E-state index contributed by atoms with van der Waals surface area (Å²) in [5, 5.41) is 11.6. The van der Waals surface area contributed by atoms with Gasteiger partial charge in [-0.15, -0.1) is 0 Å². The predicted octanol–water partition coefficient (Wildman–Crippen LogP) is 0.751. The number of urea groups is 1. The normalized spacial score (nSPS) is 15.6. The van der Waals surface area contributed by atoms with Crippen molar-refractivity contribution in [3.63, 3.8) is 0 Å². The zero-order chi connectivity index (χ0) is 15.8. The van der Waals surface area contributed by atoms with E-state index in [2.05, 4.69) is 5.32 Å². The average molecular weight is 299 g/mol. The smallest absolute Gasteiger partial charge is 0.317 e. The summed E-state index contributed by atoms with van der Waals surface area (Å²) in [6.45, 7) is 3.53. The number of hydrogen-bond acceptors (Lipinski definition) is 3. The molecule has 1 saturated heterocycles. The molecule has 2 N–H and O–H groups in total. The summed E-state index contributed by atoms with van der Waals surface area (Å²) in [7, 11) is 1.54. The topological polar surface area (TPSA) is 90.0 Å². The molecule has 7 nitrogen and oxygen atoms in total. The molecule has 1 atom stereocenters. The van der Waals surface area contributed by atoms with Gasteiger partial charge in [0.05, 0.1) is 5.92 Å². The van der Waals surface area contributed by atoms with Gasteiger partial charge in [0.2, 0.25) is 5.91 Å². The number of rotatable bonds is 7. The first-order valence-electron chi connectivity index (χ1n) is 7.45. The predicted molar refractivity (Wildman–Crippen MR) is 77.9 cm³/mol. The van der Waals surface area contributed by atoms with E-state index in [9.17, 15) is 14.4 Å². The van der Waals surface area contributed by atoms with E-state index in [-0.39, 0.29) is 19.0 Å². The van der Waals surface area contributed by atoms with E-state index >= 15 is 0 Å². The Morgan fingerprint density at radius 3 is 2.43 bits per heavy atom. The first-order chi connectivity index (χ1) is 9.95. The highest BCUT2D eigenvalue weighted by Crippen LogP contribution is 2.08. The molecule has 0 aromatic heterocycles. The van der Waals surface area contributed by atoms with Crippen LogP contribution in [0.3, 0.4) is 0 Å². The SMILES string of the molecule is CCCC(CNC(=O)N(C)CC(=O)N1CCCC1)C(=O)O. The largest absolute Gasteiger partial charge is 0.481 e. The summed E-state index contributed by atoms with van der Waals surface area (Å²) >= 11 is 0. The minimum atomic E-state index is -0.909. The number of likely N-dealkylation sites (tertiary alicyclic amines) is 1. The summed E-state index contributed by atoms with van der Waals surface area (Å²) < 4.78 is 0. The Bertz CT molecular complexity index is 380. The molecule has 1 fully saturated rings. The van der Waals surface area contributed by atoms with Crippen molar-refractivity contribution in [1.82, 2.24) is 15.1 Å². The van der Waals surface area contributed by atoms with Gasteiger partial charge in [-0.2, -0.15) is 0 Å². The highest BCUT2D eigenvalue weighted by atomic mass is 16.4. The molecule has 0 aromatic rings. The lowest BCUT2D eigenvalue weighted by Crippen LogP contribution is -2.45. The third-order valence-corrected chi connectivity index (χ3v) is 3.66. The lowest BCUT2D eigenvalue weighted by Gasteiger charge is -2.22. The minimum Gasteiger partial charge on any atom is -0.481 e. The van der Waals surface area contributed by atoms with Crippen molar-refractivity contribution < 1.29 is 19.5 Å². The fraction of sp³-hybridized carbons (Fsp3) is 0.786. The van der Waals surface area contributed by atoms with Crippen LogP contribution in [0.15, 0.2) is 0 Å². The Labute approximate surface area is 125 Å². The number of nitrogens with one attached hydrogen (secondary N) is 1. The van der Waals surface area contributed by atoms with Gasteiger partial charge in [0.25, 0.3) is 0 Å². The molecule has 1 heterocycles. The average Bonchev–Trinajstić information content (AvgIpc) is 2.96. The van der Waals surface area contributed by atoms with E-state index in [4.69, 9.17) is 5.11 Å². The maximum absolute atomic E-state index is 11.9. The quantitative estimate of drug-likeness (QED) is 0.726. The fourth-order valence-corrected chi connectivity index (χ4v) is 2.35. The summed E-state index contributed by atoms with van der Waals surface area (Å²) in [5.74, 6) is -1.55. The second kappa shape index (κ2) is 8.49. The number of likely N-dealkylation sites (N-methyl/N-ethyl adjacent to an activating group) is 1. The van der Waals surface area contributed by atoms with Crippen LogP contribution in [0.2, 0.25) is 0 Å². The zero-order valence-electron chi connectivity index (χ0n) is 12.8. The van der Waals surface area contributed by atoms with Crippen molar-refractivity contribution in [3.05, 3.63) is 0 Å². The highest BCUT2D eigenvalue weighted by Gasteiger charge is 2.22. The van der Waals surface area contributed by atoms with Crippen molar-refractivity contribution in [3.8, 4) is 0 Å². The lowest BCUT2D eigenvalue weighted by atomic mass is 10.0. The number of amides is 3. The lowest BCUT2D eigenvalue weighted by molar-refractivity contribution is -0.141. The minimum absolute atomic E-state index is 0.0251. The number of carbonyl (C=O) groups is 3. The second-order valence-electron chi connectivity index (χ2n) is 5.45. The monoisotopic (exact) mass is 299 g/mol. The van der Waals surface area contributed by atoms with Gasteiger partial charge in [-0.05, 0) is 19.3 Å². The molecule has 1 aliphatic rings. The molecule has 120 valence electrons. The maximum Gasteiger partial charge on any atom is 0.317 e. The van der Waals surface area contributed by atoms with Gasteiger partial charge in [0.1, 0.15) is 6.54 Å². The van der Waals surface area contributed by atoms with E-state index in [1.165, 1.54) is 4.90 Å². The Morgan fingerprint density at radius 2 is 1.90 bits per heavy atom. The standard InChI is InChI=1S/C14H25N3O4/c1-3-6-11(13(19)20)9-15-14(21)16(2)10-12(18)17-7-4-5-8-17/h11H,3-10H2,1-2H3,(H,15,21)(H,19,20). The van der Waals surface area contributed by atoms with Gasteiger partial charge in [-0.3, -0.25) is 9.59 Å². The van der Waals surface area contributed by atoms with Crippen molar-refractivity contribution in [1.29, 1.82) is 0 Å². The molecule has 0 aromatic carbocycles. The number of carboxylic acids is 1. The van der Waals surface area contributed by atoms with E-state index in [0.29, 0.717) is 6.42 Å². The van der Waals surface area contributed by atoms with Crippen LogP contribution in [0.1, 0.15) is 32.6 Å². The van der Waals surface area contributed by atoms with Crippen LogP contribution in [0.5, 0.6) is 0 Å². The molecule has 7 heteroatoms. The van der Waals surface area contributed by atoms with Crippen LogP contribution < -0.4 is 5.32 Å². The van der Waals surface area contributed by atoms with Crippen LogP contribution in [0.25, 0.3) is 0 Å². The zero-order valence-corrected chi connectivity index (χ0v) is 12.8. The van der Waals surface area contributed by atoms with Gasteiger partial charge >= 0.3 is 12.0 Å². The summed E-state index contributed by atoms with van der Waals surface area (Å²) in [5.41, 5.74) is 0. The number of carboxylic acid groups (broad SMARTS) is 1. The maximum atomic E-state index is 11.9. The fourth-order valence-electron chi connectivity index (χ4n) is 2.35. The molecule has 0 radical (unpaired) electrons. The van der Waals surface area contributed by atoms with Crippen LogP contribution in [-0.2, 0) is 9.59 Å². The number of nitrogens with zero attached hydrogens (tertiary/aromatic N) is 2. The molecule has 1 aliphatic heterocycles.